The number of rotatable bonds is 9. The van der Waals surface area contributed by atoms with Crippen LogP contribution in [0, 0.1) is 0 Å². The molecule has 1 unspecified atom stereocenters. The molecular formula is C26H29N3O5. The highest BCUT2D eigenvalue weighted by atomic mass is 16.5. The van der Waals surface area contributed by atoms with E-state index in [-0.39, 0.29) is 37.0 Å². The maximum Gasteiger partial charge on any atom is 0.306 e. The van der Waals surface area contributed by atoms with E-state index in [4.69, 9.17) is 9.47 Å². The summed E-state index contributed by atoms with van der Waals surface area (Å²) in [5, 5.41) is 2.90. The summed E-state index contributed by atoms with van der Waals surface area (Å²) in [6.45, 7) is 2.81. The number of hydrogen-bond donors (Lipinski definition) is 1. The predicted octanol–water partition coefficient (Wildman–Crippen LogP) is 3.31. The molecule has 1 aliphatic heterocycles. The van der Waals surface area contributed by atoms with Crippen molar-refractivity contribution in [1.82, 2.24) is 14.9 Å². The summed E-state index contributed by atoms with van der Waals surface area (Å²) in [6, 6.07) is 14.9. The zero-order valence-corrected chi connectivity index (χ0v) is 19.3. The summed E-state index contributed by atoms with van der Waals surface area (Å²) >= 11 is 0. The van der Waals surface area contributed by atoms with Crippen LogP contribution >= 0.6 is 0 Å². The van der Waals surface area contributed by atoms with E-state index in [1.807, 2.05) is 48.5 Å². The second kappa shape index (κ2) is 11.0. The Balaban J connectivity index is 1.33. The van der Waals surface area contributed by atoms with E-state index in [1.165, 1.54) is 0 Å². The van der Waals surface area contributed by atoms with E-state index in [0.29, 0.717) is 25.3 Å². The minimum absolute atomic E-state index is 0.0261. The van der Waals surface area contributed by atoms with Crippen LogP contribution in [-0.2, 0) is 27.3 Å². The van der Waals surface area contributed by atoms with E-state index in [9.17, 15) is 14.4 Å². The number of nitrogens with one attached hydrogen (secondary N) is 1. The summed E-state index contributed by atoms with van der Waals surface area (Å²) in [4.78, 5) is 42.1. The van der Waals surface area contributed by atoms with Crippen LogP contribution in [-0.4, -0.2) is 34.6 Å². The fraction of sp³-hybridized carbons (Fsp3) is 0.385. The number of benzene rings is 2. The standard InChI is InChI=1S/C26H29N3O5/c1-2-3-15-29-22-10-6-5-9-20(22)27-21(26(29)32)12-13-25(31)34-17-24(30)28-19-14-16-33-23-11-7-4-8-18(19)23/h4-11,19H,2-3,12-17H2,1H3,(H,28,30). The van der Waals surface area contributed by atoms with Gasteiger partial charge in [-0.25, -0.2) is 4.98 Å². The van der Waals surface area contributed by atoms with Gasteiger partial charge >= 0.3 is 5.97 Å². The number of hydrogen-bond acceptors (Lipinski definition) is 6. The first-order valence-corrected chi connectivity index (χ1v) is 11.7. The molecular weight excluding hydrogens is 434 g/mol. The quantitative estimate of drug-likeness (QED) is 0.489. The first-order valence-electron chi connectivity index (χ1n) is 11.7. The number of para-hydroxylation sites is 3. The maximum absolute atomic E-state index is 13.0. The monoisotopic (exact) mass is 463 g/mol. The molecule has 34 heavy (non-hydrogen) atoms. The van der Waals surface area contributed by atoms with Gasteiger partial charge in [-0.15, -0.1) is 0 Å². The zero-order chi connectivity index (χ0) is 23.9. The number of aromatic nitrogens is 2. The van der Waals surface area contributed by atoms with Crippen molar-refractivity contribution in [2.24, 2.45) is 0 Å². The Labute approximate surface area is 197 Å². The summed E-state index contributed by atoms with van der Waals surface area (Å²) < 4.78 is 12.5. The van der Waals surface area contributed by atoms with E-state index in [1.54, 1.807) is 4.57 Å². The second-order valence-electron chi connectivity index (χ2n) is 8.31. The molecule has 0 saturated heterocycles. The van der Waals surface area contributed by atoms with Crippen LogP contribution in [0.25, 0.3) is 11.0 Å². The third kappa shape index (κ3) is 5.44. The summed E-state index contributed by atoms with van der Waals surface area (Å²) in [7, 11) is 0. The average molecular weight is 464 g/mol. The van der Waals surface area contributed by atoms with Crippen molar-refractivity contribution in [3.63, 3.8) is 0 Å². The lowest BCUT2D eigenvalue weighted by molar-refractivity contribution is -0.148. The molecule has 0 bridgehead atoms. The Morgan fingerprint density at radius 2 is 1.97 bits per heavy atom. The van der Waals surface area contributed by atoms with Gasteiger partial charge in [-0.2, -0.15) is 0 Å². The highest BCUT2D eigenvalue weighted by molar-refractivity contribution is 5.81. The molecule has 0 fully saturated rings. The Kier molecular flexibility index (Phi) is 7.57. The molecule has 8 heteroatoms. The minimum Gasteiger partial charge on any atom is -0.493 e. The normalized spacial score (nSPS) is 14.8. The van der Waals surface area contributed by atoms with Crippen LogP contribution in [0.2, 0.25) is 0 Å². The Morgan fingerprint density at radius 1 is 1.18 bits per heavy atom. The first kappa shape index (κ1) is 23.5. The predicted molar refractivity (Wildman–Crippen MR) is 128 cm³/mol. The van der Waals surface area contributed by atoms with Gasteiger partial charge in [0, 0.05) is 24.9 Å². The topological polar surface area (TPSA) is 99.5 Å². The number of aryl methyl sites for hydroxylation is 2. The Bertz CT molecular complexity index is 1240. The average Bonchev–Trinajstić information content (AvgIpc) is 2.86. The van der Waals surface area contributed by atoms with Gasteiger partial charge in [-0.1, -0.05) is 43.7 Å². The molecule has 0 saturated carbocycles. The summed E-state index contributed by atoms with van der Waals surface area (Å²) in [5.41, 5.74) is 2.57. The number of carbonyl (C=O) groups is 2. The molecule has 0 radical (unpaired) electrons. The third-order valence-corrected chi connectivity index (χ3v) is 5.88. The van der Waals surface area contributed by atoms with E-state index >= 15 is 0 Å². The lowest BCUT2D eigenvalue weighted by atomic mass is 10.0. The van der Waals surface area contributed by atoms with Crippen LogP contribution < -0.4 is 15.6 Å². The molecule has 1 aliphatic rings. The van der Waals surface area contributed by atoms with Crippen molar-refractivity contribution in [1.29, 1.82) is 0 Å². The van der Waals surface area contributed by atoms with Gasteiger partial charge in [0.2, 0.25) is 0 Å². The fourth-order valence-corrected chi connectivity index (χ4v) is 4.11. The summed E-state index contributed by atoms with van der Waals surface area (Å²) in [5.74, 6) is -0.165. The van der Waals surface area contributed by atoms with Crippen molar-refractivity contribution >= 4 is 22.9 Å². The molecule has 1 N–H and O–H groups in total. The number of fused-ring (bicyclic) bond motifs is 2. The molecule has 2 aromatic carbocycles. The molecule has 4 rings (SSSR count). The largest absolute Gasteiger partial charge is 0.493 e. The van der Waals surface area contributed by atoms with E-state index in [0.717, 1.165) is 35.2 Å². The highest BCUT2D eigenvalue weighted by Gasteiger charge is 2.23. The van der Waals surface area contributed by atoms with E-state index < -0.39 is 5.97 Å². The van der Waals surface area contributed by atoms with Gasteiger partial charge in [0.25, 0.3) is 11.5 Å². The van der Waals surface area contributed by atoms with Gasteiger partial charge < -0.3 is 19.4 Å². The molecule has 1 aromatic heterocycles. The van der Waals surface area contributed by atoms with Crippen LogP contribution in [0.5, 0.6) is 5.75 Å². The lowest BCUT2D eigenvalue weighted by Crippen LogP contribution is -2.35. The van der Waals surface area contributed by atoms with Crippen molar-refractivity contribution < 1.29 is 19.1 Å². The molecule has 1 atom stereocenters. The summed E-state index contributed by atoms with van der Waals surface area (Å²) in [6.07, 6.45) is 2.62. The van der Waals surface area contributed by atoms with Crippen molar-refractivity contribution in [3.8, 4) is 5.75 Å². The maximum atomic E-state index is 13.0. The van der Waals surface area contributed by atoms with Crippen molar-refractivity contribution in [3.05, 3.63) is 70.1 Å². The zero-order valence-electron chi connectivity index (χ0n) is 19.3. The number of esters is 1. The third-order valence-electron chi connectivity index (χ3n) is 5.88. The number of ether oxygens (including phenoxy) is 2. The number of amides is 1. The van der Waals surface area contributed by atoms with Crippen molar-refractivity contribution in [2.75, 3.05) is 13.2 Å². The molecule has 8 nitrogen and oxygen atoms in total. The molecule has 0 spiro atoms. The van der Waals surface area contributed by atoms with Gasteiger partial charge in [0.1, 0.15) is 11.4 Å². The first-order chi connectivity index (χ1) is 16.6. The smallest absolute Gasteiger partial charge is 0.306 e. The van der Waals surface area contributed by atoms with Crippen LogP contribution in [0.1, 0.15) is 49.9 Å². The second-order valence-corrected chi connectivity index (χ2v) is 8.31. The SMILES string of the molecule is CCCCn1c(=O)c(CCC(=O)OCC(=O)NC2CCOc3ccccc32)nc2ccccc21. The minimum atomic E-state index is -0.544. The lowest BCUT2D eigenvalue weighted by Gasteiger charge is -2.26. The van der Waals surface area contributed by atoms with Crippen molar-refractivity contribution in [2.45, 2.75) is 51.6 Å². The van der Waals surface area contributed by atoms with Gasteiger partial charge in [-0.05, 0) is 24.6 Å². The molecule has 1 amide bonds. The molecule has 0 aliphatic carbocycles. The highest BCUT2D eigenvalue weighted by Crippen LogP contribution is 2.31. The Hall–Kier alpha value is -3.68. The molecule has 178 valence electrons. The van der Waals surface area contributed by atoms with E-state index in [2.05, 4.69) is 17.2 Å². The molecule has 3 aromatic rings. The number of unbranched alkanes of at least 4 members (excludes halogenated alkanes) is 1. The fourth-order valence-electron chi connectivity index (χ4n) is 4.11. The van der Waals surface area contributed by atoms with Gasteiger partial charge in [0.05, 0.1) is 30.1 Å². The van der Waals surface area contributed by atoms with Crippen LogP contribution in [0.3, 0.4) is 0 Å². The molecule has 2 heterocycles. The Morgan fingerprint density at radius 3 is 2.82 bits per heavy atom. The van der Waals surface area contributed by atoms with Gasteiger partial charge in [0.15, 0.2) is 6.61 Å². The number of nitrogens with zero attached hydrogens (tertiary/aromatic N) is 2. The van der Waals surface area contributed by atoms with Crippen LogP contribution in [0.4, 0.5) is 0 Å². The number of carbonyl (C=O) groups excluding carboxylic acids is 2. The van der Waals surface area contributed by atoms with Gasteiger partial charge in [-0.3, -0.25) is 14.4 Å². The van der Waals surface area contributed by atoms with Crippen LogP contribution in [0.15, 0.2) is 53.3 Å².